The van der Waals surface area contributed by atoms with Gasteiger partial charge in [0, 0.05) is 25.2 Å². The molecule has 5 rings (SSSR count). The zero-order valence-corrected chi connectivity index (χ0v) is 15.9. The van der Waals surface area contributed by atoms with Crippen molar-refractivity contribution in [2.24, 2.45) is 0 Å². The molecule has 1 aliphatic rings. The average Bonchev–Trinajstić information content (AvgIpc) is 3.26. The van der Waals surface area contributed by atoms with E-state index in [0.29, 0.717) is 0 Å². The summed E-state index contributed by atoms with van der Waals surface area (Å²) in [5.74, 6) is 0.204. The molecule has 0 radical (unpaired) electrons. The average molecular weight is 374 g/mol. The number of Topliss-reactive ketones (excluding diaryl/α,β-unsaturated/α-hetero) is 1. The molecule has 1 aliphatic carbocycles. The minimum absolute atomic E-state index is 0.126. The van der Waals surface area contributed by atoms with Crippen LogP contribution in [0.25, 0.3) is 10.9 Å². The fourth-order valence-electron chi connectivity index (χ4n) is 3.95. The summed E-state index contributed by atoms with van der Waals surface area (Å²) in [5, 5.41) is 2.14. The molecule has 0 saturated carbocycles. The predicted octanol–water partition coefficient (Wildman–Crippen LogP) is 4.11. The highest BCUT2D eigenvalue weighted by Gasteiger charge is 2.36. The normalized spacial score (nSPS) is 16.6. The Kier molecular flexibility index (Phi) is 3.90. The van der Waals surface area contributed by atoms with E-state index in [0.717, 1.165) is 40.4 Å². The lowest BCUT2D eigenvalue weighted by Gasteiger charge is -2.15. The van der Waals surface area contributed by atoms with Gasteiger partial charge in [-0.2, -0.15) is 4.57 Å². The van der Waals surface area contributed by atoms with E-state index in [9.17, 15) is 4.79 Å². The van der Waals surface area contributed by atoms with Crippen LogP contribution < -0.4 is 4.57 Å². The lowest BCUT2D eigenvalue weighted by Crippen LogP contribution is -2.45. The Morgan fingerprint density at radius 2 is 2.07 bits per heavy atom. The van der Waals surface area contributed by atoms with Gasteiger partial charge in [0.15, 0.2) is 12.4 Å². The molecule has 1 atom stereocenters. The molecule has 134 valence electrons. The van der Waals surface area contributed by atoms with Crippen molar-refractivity contribution in [2.75, 3.05) is 0 Å². The third-order valence-corrected chi connectivity index (χ3v) is 6.30. The maximum Gasteiger partial charge on any atom is 0.242 e. The Morgan fingerprint density at radius 1 is 1.22 bits per heavy atom. The van der Waals surface area contributed by atoms with Gasteiger partial charge in [-0.15, -0.1) is 11.3 Å². The Balaban J connectivity index is 1.47. The van der Waals surface area contributed by atoms with Gasteiger partial charge in [0.25, 0.3) is 0 Å². The summed E-state index contributed by atoms with van der Waals surface area (Å²) in [6.07, 6.45) is 7.96. The van der Waals surface area contributed by atoms with E-state index in [-0.39, 0.29) is 11.8 Å². The maximum atomic E-state index is 13.0. The van der Waals surface area contributed by atoms with Crippen LogP contribution in [0.5, 0.6) is 0 Å². The quantitative estimate of drug-likeness (QED) is 0.506. The molecule has 0 N–H and O–H groups in total. The van der Waals surface area contributed by atoms with Gasteiger partial charge in [-0.1, -0.05) is 30.3 Å². The molecule has 0 fully saturated rings. The number of carbonyl (C=O) groups is 1. The summed E-state index contributed by atoms with van der Waals surface area (Å²) in [5.41, 5.74) is 3.45. The number of hydrogen-bond acceptors (Lipinski definition) is 3. The molecule has 1 aromatic carbocycles. The van der Waals surface area contributed by atoms with Crippen LogP contribution in [-0.4, -0.2) is 15.3 Å². The molecule has 0 bridgehead atoms. The number of ketones is 1. The van der Waals surface area contributed by atoms with E-state index in [2.05, 4.69) is 62.9 Å². The zero-order valence-electron chi connectivity index (χ0n) is 15.1. The van der Waals surface area contributed by atoms with Crippen LogP contribution in [0.15, 0.2) is 61.1 Å². The van der Waals surface area contributed by atoms with E-state index in [1.54, 1.807) is 0 Å². The van der Waals surface area contributed by atoms with Crippen molar-refractivity contribution >= 4 is 28.0 Å². The van der Waals surface area contributed by atoms with Gasteiger partial charge in [0.1, 0.15) is 4.88 Å². The summed E-state index contributed by atoms with van der Waals surface area (Å²) in [4.78, 5) is 18.3. The fourth-order valence-corrected chi connectivity index (χ4v) is 4.90. The molecule has 4 aromatic rings. The number of hydrogen-bond donors (Lipinski definition) is 0. The number of pyridine rings is 1. The number of carbonyl (C=O) groups excluding carboxylic acids is 1. The Hall–Kier alpha value is -2.79. The van der Waals surface area contributed by atoms with Crippen molar-refractivity contribution in [1.29, 1.82) is 0 Å². The van der Waals surface area contributed by atoms with Crippen LogP contribution in [0.2, 0.25) is 0 Å². The standard InChI is InChI=1S/C22H20N3OS/c1-15-23-18-7-8-20(21(26)22(18)27-15)25-12-10-19-17(14-25)9-11-24(19)13-16-5-3-2-4-6-16/h2-6,9-12,14,20H,7-8,13H2,1H3/q+1. The maximum absolute atomic E-state index is 13.0. The first-order chi connectivity index (χ1) is 13.2. The fraction of sp³-hybridized carbons (Fsp3) is 0.227. The molecule has 4 nitrogen and oxygen atoms in total. The molecule has 3 heterocycles. The molecular formula is C22H20N3OS+. The first-order valence-electron chi connectivity index (χ1n) is 9.23. The van der Waals surface area contributed by atoms with Crippen molar-refractivity contribution in [1.82, 2.24) is 9.55 Å². The number of aromatic nitrogens is 3. The molecule has 0 saturated heterocycles. The van der Waals surface area contributed by atoms with Crippen molar-refractivity contribution in [3.05, 3.63) is 82.2 Å². The molecule has 3 aromatic heterocycles. The molecule has 27 heavy (non-hydrogen) atoms. The smallest absolute Gasteiger partial charge is 0.242 e. The van der Waals surface area contributed by atoms with Crippen LogP contribution in [-0.2, 0) is 13.0 Å². The van der Waals surface area contributed by atoms with Crippen molar-refractivity contribution in [3.63, 3.8) is 0 Å². The number of fused-ring (bicyclic) bond motifs is 2. The minimum atomic E-state index is -0.126. The molecule has 0 aliphatic heterocycles. The zero-order chi connectivity index (χ0) is 18.4. The van der Waals surface area contributed by atoms with Crippen LogP contribution in [0.1, 0.15) is 38.4 Å². The van der Waals surface area contributed by atoms with Gasteiger partial charge in [-0.25, -0.2) is 4.98 Å². The second-order valence-electron chi connectivity index (χ2n) is 7.09. The van der Waals surface area contributed by atoms with E-state index in [4.69, 9.17) is 0 Å². The van der Waals surface area contributed by atoms with Crippen LogP contribution in [0.3, 0.4) is 0 Å². The summed E-state index contributed by atoms with van der Waals surface area (Å²) in [6.45, 7) is 2.82. The number of benzene rings is 1. The molecule has 5 heteroatoms. The monoisotopic (exact) mass is 374 g/mol. The van der Waals surface area contributed by atoms with Crippen molar-refractivity contribution < 1.29 is 9.36 Å². The predicted molar refractivity (Wildman–Crippen MR) is 106 cm³/mol. The Labute approximate surface area is 161 Å². The van der Waals surface area contributed by atoms with Crippen molar-refractivity contribution in [3.8, 4) is 0 Å². The first-order valence-corrected chi connectivity index (χ1v) is 10.0. The Bertz CT molecular complexity index is 1140. The summed E-state index contributed by atoms with van der Waals surface area (Å²) < 4.78 is 4.33. The van der Waals surface area contributed by atoms with Gasteiger partial charge in [0.05, 0.1) is 21.6 Å². The third-order valence-electron chi connectivity index (χ3n) is 5.27. The number of rotatable bonds is 3. The largest absolute Gasteiger partial charge is 0.343 e. The number of nitrogens with zero attached hydrogens (tertiary/aromatic N) is 3. The van der Waals surface area contributed by atoms with Gasteiger partial charge >= 0.3 is 0 Å². The minimum Gasteiger partial charge on any atom is -0.343 e. The van der Waals surface area contributed by atoms with Crippen molar-refractivity contribution in [2.45, 2.75) is 32.4 Å². The SMILES string of the molecule is Cc1nc2c(s1)C(=O)C([n+]1ccc3c(ccn3Cc3ccccc3)c1)CC2. The van der Waals surface area contributed by atoms with Gasteiger partial charge in [-0.05, 0) is 25.0 Å². The lowest BCUT2D eigenvalue weighted by atomic mass is 9.96. The summed E-state index contributed by atoms with van der Waals surface area (Å²) >= 11 is 1.53. The second kappa shape index (κ2) is 6.43. The van der Waals surface area contributed by atoms with E-state index in [1.807, 2.05) is 19.2 Å². The second-order valence-corrected chi connectivity index (χ2v) is 8.29. The summed E-state index contributed by atoms with van der Waals surface area (Å²) in [6, 6.07) is 14.6. The van der Waals surface area contributed by atoms with Crippen LogP contribution in [0, 0.1) is 6.92 Å². The molecule has 1 unspecified atom stereocenters. The molecule has 0 spiro atoms. The molecular weight excluding hydrogens is 354 g/mol. The lowest BCUT2D eigenvalue weighted by molar-refractivity contribution is -0.707. The highest BCUT2D eigenvalue weighted by atomic mass is 32.1. The first kappa shape index (κ1) is 16.4. The van der Waals surface area contributed by atoms with Crippen LogP contribution in [0.4, 0.5) is 0 Å². The number of aryl methyl sites for hydroxylation is 2. The summed E-state index contributed by atoms with van der Waals surface area (Å²) in [7, 11) is 0. The number of thiazole rings is 1. The highest BCUT2D eigenvalue weighted by molar-refractivity contribution is 7.13. The van der Waals surface area contributed by atoms with E-state index < -0.39 is 0 Å². The molecule has 0 amide bonds. The van der Waals surface area contributed by atoms with Gasteiger partial charge < -0.3 is 4.57 Å². The van der Waals surface area contributed by atoms with E-state index in [1.165, 1.54) is 22.4 Å². The van der Waals surface area contributed by atoms with Crippen LogP contribution >= 0.6 is 11.3 Å². The third kappa shape index (κ3) is 2.88. The van der Waals surface area contributed by atoms with Gasteiger partial charge in [0.2, 0.25) is 11.8 Å². The highest BCUT2D eigenvalue weighted by Crippen LogP contribution is 2.30. The topological polar surface area (TPSA) is 38.8 Å². The Morgan fingerprint density at radius 3 is 2.93 bits per heavy atom. The van der Waals surface area contributed by atoms with E-state index >= 15 is 0 Å². The van der Waals surface area contributed by atoms with Gasteiger partial charge in [-0.3, -0.25) is 4.79 Å².